The molecule has 0 saturated heterocycles. The number of aryl methyl sites for hydroxylation is 1. The minimum atomic E-state index is -0.0758. The molecule has 0 bridgehead atoms. The Balaban J connectivity index is 2.74. The summed E-state index contributed by atoms with van der Waals surface area (Å²) in [5.41, 5.74) is 1.77. The minimum Gasteiger partial charge on any atom is -0.348 e. The molecule has 0 saturated carbocycles. The molecule has 1 amide bonds. The SMILES string of the molecule is Cc1ccc(C(=O)NC(CCl)CC(C)C)c(Br)c1. The second kappa shape index (κ2) is 7.15. The molecule has 0 heterocycles. The van der Waals surface area contributed by atoms with Crippen molar-refractivity contribution in [3.8, 4) is 0 Å². The van der Waals surface area contributed by atoms with Gasteiger partial charge in [-0.3, -0.25) is 4.79 Å². The number of halogens is 2. The van der Waals surface area contributed by atoms with E-state index in [0.29, 0.717) is 17.4 Å². The fraction of sp³-hybridized carbons (Fsp3) is 0.500. The second-order valence-corrected chi connectivity index (χ2v) is 6.10. The van der Waals surface area contributed by atoms with Crippen molar-refractivity contribution in [1.29, 1.82) is 0 Å². The predicted octanol–water partition coefficient (Wildman–Crippen LogP) is 4.14. The van der Waals surface area contributed by atoms with Crippen molar-refractivity contribution in [2.24, 2.45) is 5.92 Å². The molecule has 0 aromatic heterocycles. The molecular formula is C14H19BrClNO. The zero-order valence-corrected chi connectivity index (χ0v) is 13.3. The quantitative estimate of drug-likeness (QED) is 0.807. The van der Waals surface area contributed by atoms with Gasteiger partial charge in [-0.15, -0.1) is 11.6 Å². The van der Waals surface area contributed by atoms with E-state index in [1.54, 1.807) is 0 Å². The first kappa shape index (κ1) is 15.5. The molecule has 1 aromatic carbocycles. The van der Waals surface area contributed by atoms with Gasteiger partial charge in [0, 0.05) is 16.4 Å². The highest BCUT2D eigenvalue weighted by Gasteiger charge is 2.16. The van der Waals surface area contributed by atoms with Gasteiger partial charge < -0.3 is 5.32 Å². The molecule has 1 rings (SSSR count). The van der Waals surface area contributed by atoms with Crippen molar-refractivity contribution in [3.63, 3.8) is 0 Å². The molecule has 1 atom stereocenters. The van der Waals surface area contributed by atoms with Crippen LogP contribution in [0.1, 0.15) is 36.2 Å². The van der Waals surface area contributed by atoms with Crippen molar-refractivity contribution >= 4 is 33.4 Å². The first-order valence-electron chi connectivity index (χ1n) is 6.07. The maximum atomic E-state index is 12.1. The van der Waals surface area contributed by atoms with Crippen molar-refractivity contribution in [2.75, 3.05) is 5.88 Å². The topological polar surface area (TPSA) is 29.1 Å². The van der Waals surface area contributed by atoms with Gasteiger partial charge in [0.05, 0.1) is 5.56 Å². The number of carbonyl (C=O) groups is 1. The van der Waals surface area contributed by atoms with Crippen LogP contribution in [0.5, 0.6) is 0 Å². The van der Waals surface area contributed by atoms with E-state index >= 15 is 0 Å². The summed E-state index contributed by atoms with van der Waals surface area (Å²) in [6.07, 6.45) is 0.888. The van der Waals surface area contributed by atoms with E-state index in [2.05, 4.69) is 35.1 Å². The molecule has 1 aromatic rings. The molecule has 18 heavy (non-hydrogen) atoms. The lowest BCUT2D eigenvalue weighted by molar-refractivity contribution is 0.0936. The molecule has 0 spiro atoms. The molecule has 0 aliphatic rings. The second-order valence-electron chi connectivity index (χ2n) is 4.94. The van der Waals surface area contributed by atoms with Gasteiger partial charge in [-0.1, -0.05) is 19.9 Å². The van der Waals surface area contributed by atoms with Gasteiger partial charge in [-0.2, -0.15) is 0 Å². The summed E-state index contributed by atoms with van der Waals surface area (Å²) in [4.78, 5) is 12.1. The van der Waals surface area contributed by atoms with Gasteiger partial charge >= 0.3 is 0 Å². The van der Waals surface area contributed by atoms with E-state index < -0.39 is 0 Å². The Morgan fingerprint density at radius 2 is 2.11 bits per heavy atom. The zero-order valence-electron chi connectivity index (χ0n) is 11.0. The van der Waals surface area contributed by atoms with Gasteiger partial charge in [-0.25, -0.2) is 0 Å². The summed E-state index contributed by atoms with van der Waals surface area (Å²) >= 11 is 9.30. The minimum absolute atomic E-state index is 0.0207. The molecule has 0 aliphatic carbocycles. The predicted molar refractivity (Wildman–Crippen MR) is 80.3 cm³/mol. The summed E-state index contributed by atoms with van der Waals surface area (Å²) in [5, 5.41) is 2.97. The number of nitrogens with one attached hydrogen (secondary N) is 1. The summed E-state index contributed by atoms with van der Waals surface area (Å²) in [6.45, 7) is 6.23. The summed E-state index contributed by atoms with van der Waals surface area (Å²) in [5.74, 6) is 0.872. The van der Waals surface area contributed by atoms with E-state index in [9.17, 15) is 4.79 Å². The number of carbonyl (C=O) groups excluding carboxylic acids is 1. The van der Waals surface area contributed by atoms with Gasteiger partial charge in [-0.05, 0) is 52.9 Å². The summed E-state index contributed by atoms with van der Waals surface area (Å²) < 4.78 is 0.817. The van der Waals surface area contributed by atoms with Gasteiger partial charge in [0.2, 0.25) is 0 Å². The third kappa shape index (κ3) is 4.62. The number of hydrogen-bond acceptors (Lipinski definition) is 1. The van der Waals surface area contributed by atoms with Crippen molar-refractivity contribution in [2.45, 2.75) is 33.2 Å². The molecular weight excluding hydrogens is 314 g/mol. The van der Waals surface area contributed by atoms with E-state index in [-0.39, 0.29) is 11.9 Å². The number of benzene rings is 1. The summed E-state index contributed by atoms with van der Waals surface area (Å²) in [6, 6.07) is 5.72. The fourth-order valence-corrected chi connectivity index (χ4v) is 2.67. The third-order valence-electron chi connectivity index (χ3n) is 2.65. The highest BCUT2D eigenvalue weighted by Crippen LogP contribution is 2.18. The van der Waals surface area contributed by atoms with E-state index in [0.717, 1.165) is 16.5 Å². The Morgan fingerprint density at radius 1 is 1.44 bits per heavy atom. The largest absolute Gasteiger partial charge is 0.348 e. The average molecular weight is 333 g/mol. The van der Waals surface area contributed by atoms with Crippen LogP contribution < -0.4 is 5.32 Å². The van der Waals surface area contributed by atoms with Gasteiger partial charge in [0.1, 0.15) is 0 Å². The maximum absolute atomic E-state index is 12.1. The number of hydrogen-bond donors (Lipinski definition) is 1. The van der Waals surface area contributed by atoms with Crippen molar-refractivity contribution in [3.05, 3.63) is 33.8 Å². The molecule has 100 valence electrons. The van der Waals surface area contributed by atoms with E-state index in [1.165, 1.54) is 0 Å². The van der Waals surface area contributed by atoms with Crippen LogP contribution >= 0.6 is 27.5 Å². The lowest BCUT2D eigenvalue weighted by atomic mass is 10.0. The fourth-order valence-electron chi connectivity index (χ4n) is 1.80. The van der Waals surface area contributed by atoms with Crippen LogP contribution in [-0.2, 0) is 0 Å². The van der Waals surface area contributed by atoms with E-state index in [1.807, 2.05) is 25.1 Å². The van der Waals surface area contributed by atoms with Crippen LogP contribution in [0, 0.1) is 12.8 Å². The first-order valence-corrected chi connectivity index (χ1v) is 7.39. The molecule has 1 N–H and O–H groups in total. The average Bonchev–Trinajstić information content (AvgIpc) is 2.27. The van der Waals surface area contributed by atoms with E-state index in [4.69, 9.17) is 11.6 Å². The maximum Gasteiger partial charge on any atom is 0.252 e. The highest BCUT2D eigenvalue weighted by atomic mass is 79.9. The number of rotatable bonds is 5. The Morgan fingerprint density at radius 3 is 2.61 bits per heavy atom. The summed E-state index contributed by atoms with van der Waals surface area (Å²) in [7, 11) is 0. The normalized spacial score (nSPS) is 12.6. The number of alkyl halides is 1. The smallest absolute Gasteiger partial charge is 0.252 e. The highest BCUT2D eigenvalue weighted by molar-refractivity contribution is 9.10. The standard InChI is InChI=1S/C14H19BrClNO/c1-9(2)6-11(8-16)17-14(18)12-5-4-10(3)7-13(12)15/h4-5,7,9,11H,6,8H2,1-3H3,(H,17,18). The van der Waals surface area contributed by atoms with Crippen LogP contribution in [0.15, 0.2) is 22.7 Å². The molecule has 4 heteroatoms. The third-order valence-corrected chi connectivity index (χ3v) is 3.68. The lowest BCUT2D eigenvalue weighted by Crippen LogP contribution is -2.37. The Hall–Kier alpha value is -0.540. The van der Waals surface area contributed by atoms with Crippen LogP contribution in [0.25, 0.3) is 0 Å². The molecule has 2 nitrogen and oxygen atoms in total. The van der Waals surface area contributed by atoms with Gasteiger partial charge in [0.25, 0.3) is 5.91 Å². The van der Waals surface area contributed by atoms with Gasteiger partial charge in [0.15, 0.2) is 0 Å². The van der Waals surface area contributed by atoms with Crippen LogP contribution in [0.3, 0.4) is 0 Å². The molecule has 0 aliphatic heterocycles. The Kier molecular flexibility index (Phi) is 6.16. The Bertz CT molecular complexity index is 420. The lowest BCUT2D eigenvalue weighted by Gasteiger charge is -2.18. The number of amides is 1. The van der Waals surface area contributed by atoms with Crippen LogP contribution in [0.2, 0.25) is 0 Å². The van der Waals surface area contributed by atoms with Crippen molar-refractivity contribution < 1.29 is 4.79 Å². The van der Waals surface area contributed by atoms with Crippen molar-refractivity contribution in [1.82, 2.24) is 5.32 Å². The molecule has 0 radical (unpaired) electrons. The first-order chi connectivity index (χ1) is 8.43. The molecule has 0 fully saturated rings. The monoisotopic (exact) mass is 331 g/mol. The Labute approximate surface area is 122 Å². The zero-order chi connectivity index (χ0) is 13.7. The molecule has 1 unspecified atom stereocenters. The van der Waals surface area contributed by atoms with Crippen LogP contribution in [-0.4, -0.2) is 17.8 Å². The van der Waals surface area contributed by atoms with Crippen LogP contribution in [0.4, 0.5) is 0 Å².